The van der Waals surface area contributed by atoms with Gasteiger partial charge in [-0.3, -0.25) is 0 Å². The molecular formula is C8H9ClO2S. The fraction of sp³-hybridized carbons (Fsp3) is 0.125. The maximum atomic E-state index is 10.6. The van der Waals surface area contributed by atoms with Gasteiger partial charge in [0.05, 0.1) is 5.56 Å². The number of carbonyl (C=O) groups is 1. The van der Waals surface area contributed by atoms with Crippen molar-refractivity contribution in [3.63, 3.8) is 0 Å². The minimum Gasteiger partial charge on any atom is -0.478 e. The van der Waals surface area contributed by atoms with E-state index in [1.807, 2.05) is 12.3 Å². The molecule has 1 rings (SSSR count). The van der Waals surface area contributed by atoms with E-state index in [-0.39, 0.29) is 12.4 Å². The molecule has 12 heavy (non-hydrogen) atoms. The molecule has 0 aliphatic rings. The van der Waals surface area contributed by atoms with Gasteiger partial charge in [-0.1, -0.05) is 12.1 Å². The molecule has 0 aromatic heterocycles. The Bertz CT molecular complexity index is 276. The molecule has 1 aromatic rings. The third kappa shape index (κ3) is 2.43. The Labute approximate surface area is 81.4 Å². The number of benzene rings is 1. The molecule has 66 valence electrons. The maximum Gasteiger partial charge on any atom is 0.336 e. The maximum absolute atomic E-state index is 10.6. The molecule has 0 unspecified atom stereocenters. The standard InChI is InChI=1S/C8H8O2S.ClH/c1-11-7-5-3-2-4-6(7)8(9)10;/h2-5H,1H3,(H,9,10);1H. The molecule has 4 heteroatoms. The summed E-state index contributed by atoms with van der Waals surface area (Å²) in [5, 5.41) is 8.68. The largest absolute Gasteiger partial charge is 0.478 e. The Morgan fingerprint density at radius 3 is 2.42 bits per heavy atom. The molecule has 0 aliphatic carbocycles. The predicted molar refractivity (Wildman–Crippen MR) is 52.4 cm³/mol. The number of carboxylic acid groups (broad SMARTS) is 1. The first-order valence-corrected chi connectivity index (χ1v) is 4.34. The molecule has 0 fully saturated rings. The van der Waals surface area contributed by atoms with Gasteiger partial charge in [0.2, 0.25) is 0 Å². The highest BCUT2D eigenvalue weighted by Gasteiger charge is 2.06. The minimum atomic E-state index is -0.866. The van der Waals surface area contributed by atoms with Crippen molar-refractivity contribution in [1.82, 2.24) is 0 Å². The van der Waals surface area contributed by atoms with Crippen LogP contribution in [0.5, 0.6) is 0 Å². The van der Waals surface area contributed by atoms with Crippen molar-refractivity contribution in [2.45, 2.75) is 4.90 Å². The van der Waals surface area contributed by atoms with E-state index in [0.717, 1.165) is 4.90 Å². The third-order valence-electron chi connectivity index (χ3n) is 1.34. The summed E-state index contributed by atoms with van der Waals surface area (Å²) in [6.45, 7) is 0. The lowest BCUT2D eigenvalue weighted by Crippen LogP contribution is -1.97. The van der Waals surface area contributed by atoms with Crippen molar-refractivity contribution in [1.29, 1.82) is 0 Å². The van der Waals surface area contributed by atoms with Gasteiger partial charge >= 0.3 is 5.97 Å². The normalized spacial score (nSPS) is 8.75. The number of hydrogen-bond acceptors (Lipinski definition) is 2. The van der Waals surface area contributed by atoms with Crippen LogP contribution in [0.3, 0.4) is 0 Å². The highest BCUT2D eigenvalue weighted by molar-refractivity contribution is 7.98. The van der Waals surface area contributed by atoms with Crippen LogP contribution in [0.4, 0.5) is 0 Å². The van der Waals surface area contributed by atoms with Crippen LogP contribution in [0.1, 0.15) is 10.4 Å². The first-order chi connectivity index (χ1) is 5.25. The van der Waals surface area contributed by atoms with E-state index in [2.05, 4.69) is 0 Å². The van der Waals surface area contributed by atoms with E-state index >= 15 is 0 Å². The van der Waals surface area contributed by atoms with Gasteiger partial charge in [-0.2, -0.15) is 0 Å². The highest BCUT2D eigenvalue weighted by atomic mass is 35.5. The van der Waals surface area contributed by atoms with E-state index in [1.165, 1.54) is 11.8 Å². The molecule has 0 saturated heterocycles. The van der Waals surface area contributed by atoms with E-state index < -0.39 is 5.97 Å². The summed E-state index contributed by atoms with van der Waals surface area (Å²) < 4.78 is 0. The van der Waals surface area contributed by atoms with Crippen molar-refractivity contribution >= 4 is 30.1 Å². The second kappa shape index (κ2) is 5.06. The number of aromatic carboxylic acids is 1. The summed E-state index contributed by atoms with van der Waals surface area (Å²) in [4.78, 5) is 11.4. The fourth-order valence-corrected chi connectivity index (χ4v) is 1.41. The Hall–Kier alpha value is -0.670. The summed E-state index contributed by atoms with van der Waals surface area (Å²) >= 11 is 1.44. The zero-order valence-electron chi connectivity index (χ0n) is 6.48. The van der Waals surface area contributed by atoms with Crippen LogP contribution in [-0.2, 0) is 0 Å². The van der Waals surface area contributed by atoms with Crippen LogP contribution in [0, 0.1) is 0 Å². The van der Waals surface area contributed by atoms with Crippen molar-refractivity contribution < 1.29 is 9.90 Å². The van der Waals surface area contributed by atoms with Gasteiger partial charge in [-0.25, -0.2) is 4.79 Å². The van der Waals surface area contributed by atoms with Crippen LogP contribution in [0.2, 0.25) is 0 Å². The van der Waals surface area contributed by atoms with Crippen molar-refractivity contribution in [3.8, 4) is 0 Å². The Morgan fingerprint density at radius 2 is 2.00 bits per heavy atom. The number of rotatable bonds is 2. The topological polar surface area (TPSA) is 37.3 Å². The number of hydrogen-bond donors (Lipinski definition) is 1. The van der Waals surface area contributed by atoms with E-state index in [4.69, 9.17) is 5.11 Å². The Morgan fingerprint density at radius 1 is 1.42 bits per heavy atom. The lowest BCUT2D eigenvalue weighted by atomic mass is 10.2. The first-order valence-electron chi connectivity index (χ1n) is 3.12. The number of thioether (sulfide) groups is 1. The molecule has 0 saturated carbocycles. The zero-order chi connectivity index (χ0) is 8.27. The van der Waals surface area contributed by atoms with Gasteiger partial charge < -0.3 is 5.11 Å². The summed E-state index contributed by atoms with van der Waals surface area (Å²) in [6, 6.07) is 6.96. The van der Waals surface area contributed by atoms with Crippen molar-refractivity contribution in [2.75, 3.05) is 6.26 Å². The molecule has 0 heterocycles. The molecule has 0 atom stereocenters. The number of halogens is 1. The lowest BCUT2D eigenvalue weighted by Gasteiger charge is -1.99. The monoisotopic (exact) mass is 204 g/mol. The van der Waals surface area contributed by atoms with E-state index in [9.17, 15) is 4.79 Å². The molecule has 0 bridgehead atoms. The molecule has 0 amide bonds. The highest BCUT2D eigenvalue weighted by Crippen LogP contribution is 2.19. The lowest BCUT2D eigenvalue weighted by molar-refractivity contribution is 0.0693. The zero-order valence-corrected chi connectivity index (χ0v) is 8.11. The van der Waals surface area contributed by atoms with E-state index in [1.54, 1.807) is 18.2 Å². The summed E-state index contributed by atoms with van der Waals surface area (Å²) in [6.07, 6.45) is 1.86. The van der Waals surface area contributed by atoms with Crippen LogP contribution < -0.4 is 0 Å². The molecule has 2 nitrogen and oxygen atoms in total. The molecular weight excluding hydrogens is 196 g/mol. The van der Waals surface area contributed by atoms with Crippen molar-refractivity contribution in [3.05, 3.63) is 29.8 Å². The summed E-state index contributed by atoms with van der Waals surface area (Å²) in [7, 11) is 0. The van der Waals surface area contributed by atoms with Gasteiger partial charge in [-0.15, -0.1) is 24.2 Å². The second-order valence-electron chi connectivity index (χ2n) is 2.01. The fourth-order valence-electron chi connectivity index (χ4n) is 0.821. The first kappa shape index (κ1) is 11.3. The van der Waals surface area contributed by atoms with Crippen molar-refractivity contribution in [2.24, 2.45) is 0 Å². The van der Waals surface area contributed by atoms with Gasteiger partial charge in [0.15, 0.2) is 0 Å². The molecule has 1 N–H and O–H groups in total. The predicted octanol–water partition coefficient (Wildman–Crippen LogP) is 2.53. The summed E-state index contributed by atoms with van der Waals surface area (Å²) in [5.74, 6) is -0.866. The SMILES string of the molecule is CSc1ccccc1C(=O)O.Cl. The van der Waals surface area contributed by atoms with Gasteiger partial charge in [0.1, 0.15) is 0 Å². The Kier molecular flexibility index (Phi) is 4.78. The van der Waals surface area contributed by atoms with Gasteiger partial charge in [-0.05, 0) is 18.4 Å². The Balaban J connectivity index is 0.00000121. The summed E-state index contributed by atoms with van der Waals surface area (Å²) in [5.41, 5.74) is 0.375. The van der Waals surface area contributed by atoms with Gasteiger partial charge in [0, 0.05) is 4.90 Å². The average molecular weight is 205 g/mol. The average Bonchev–Trinajstić information content (AvgIpc) is 2.04. The molecule has 0 aliphatic heterocycles. The number of carboxylic acids is 1. The molecule has 0 radical (unpaired) electrons. The van der Waals surface area contributed by atoms with Crippen LogP contribution >= 0.6 is 24.2 Å². The van der Waals surface area contributed by atoms with Crippen LogP contribution in [0.25, 0.3) is 0 Å². The van der Waals surface area contributed by atoms with Crippen LogP contribution in [-0.4, -0.2) is 17.3 Å². The van der Waals surface area contributed by atoms with E-state index in [0.29, 0.717) is 5.56 Å². The second-order valence-corrected chi connectivity index (χ2v) is 2.85. The van der Waals surface area contributed by atoms with Crippen LogP contribution in [0.15, 0.2) is 29.2 Å². The smallest absolute Gasteiger partial charge is 0.336 e. The molecule has 1 aromatic carbocycles. The quantitative estimate of drug-likeness (QED) is 0.753. The van der Waals surface area contributed by atoms with Gasteiger partial charge in [0.25, 0.3) is 0 Å². The molecule has 0 spiro atoms. The minimum absolute atomic E-state index is 0. The third-order valence-corrected chi connectivity index (χ3v) is 2.13.